The predicted molar refractivity (Wildman–Crippen MR) is 97.6 cm³/mol. The number of anilines is 1. The van der Waals surface area contributed by atoms with Crippen molar-refractivity contribution in [2.24, 2.45) is 5.10 Å². The molecule has 0 radical (unpaired) electrons. The van der Waals surface area contributed by atoms with Gasteiger partial charge in [0.1, 0.15) is 0 Å². The average Bonchev–Trinajstić information content (AvgIpc) is 2.91. The molecule has 1 aliphatic rings. The van der Waals surface area contributed by atoms with Crippen molar-refractivity contribution in [2.45, 2.75) is 39.5 Å². The molecule has 126 valence electrons. The number of aryl methyl sites for hydroxylation is 2. The van der Waals surface area contributed by atoms with E-state index < -0.39 is 0 Å². The van der Waals surface area contributed by atoms with Gasteiger partial charge in [-0.2, -0.15) is 5.10 Å². The first-order valence-electron chi connectivity index (χ1n) is 8.48. The minimum atomic E-state index is -0.230. The van der Waals surface area contributed by atoms with E-state index in [0.717, 1.165) is 37.1 Å². The Morgan fingerprint density at radius 1 is 1.29 bits per heavy atom. The van der Waals surface area contributed by atoms with Crippen molar-refractivity contribution in [2.75, 3.05) is 12.4 Å². The zero-order chi connectivity index (χ0) is 17.1. The molecule has 5 nitrogen and oxygen atoms in total. The summed E-state index contributed by atoms with van der Waals surface area (Å²) >= 11 is 0. The second-order valence-electron chi connectivity index (χ2n) is 6.16. The van der Waals surface area contributed by atoms with Crippen LogP contribution in [0.3, 0.4) is 0 Å². The van der Waals surface area contributed by atoms with E-state index in [-0.39, 0.29) is 6.03 Å². The molecule has 0 saturated carbocycles. The largest absolute Gasteiger partial charge is 0.362 e. The third-order valence-electron chi connectivity index (χ3n) is 4.47. The number of aromatic nitrogens is 1. The first-order chi connectivity index (χ1) is 11.6. The summed E-state index contributed by atoms with van der Waals surface area (Å²) in [5, 5.41) is 8.88. The number of urea groups is 1. The summed E-state index contributed by atoms with van der Waals surface area (Å²) in [5.74, 6) is 0. The van der Waals surface area contributed by atoms with Gasteiger partial charge in [0.15, 0.2) is 0 Å². The number of nitrogens with zero attached hydrogens (tertiary/aromatic N) is 2. The van der Waals surface area contributed by atoms with Crippen LogP contribution in [-0.2, 0) is 12.8 Å². The highest BCUT2D eigenvalue weighted by molar-refractivity contribution is 6.04. The third kappa shape index (κ3) is 3.20. The molecule has 2 amide bonds. The van der Waals surface area contributed by atoms with Crippen LogP contribution in [0.4, 0.5) is 10.5 Å². The Morgan fingerprint density at radius 3 is 2.75 bits per heavy atom. The quantitative estimate of drug-likeness (QED) is 0.821. The molecular weight excluding hydrogens is 300 g/mol. The van der Waals surface area contributed by atoms with Crippen LogP contribution in [0.25, 0.3) is 0 Å². The molecule has 1 aliphatic carbocycles. The highest BCUT2D eigenvalue weighted by Crippen LogP contribution is 2.28. The number of H-pyrrole nitrogens is 1. The van der Waals surface area contributed by atoms with Crippen LogP contribution in [0.15, 0.2) is 35.4 Å². The fourth-order valence-corrected chi connectivity index (χ4v) is 3.32. The maximum Gasteiger partial charge on any atom is 0.341 e. The number of carbonyl (C=O) groups excluding carboxylic acids is 1. The van der Waals surface area contributed by atoms with Gasteiger partial charge in [0, 0.05) is 29.7 Å². The Hall–Kier alpha value is -2.56. The van der Waals surface area contributed by atoms with E-state index in [9.17, 15) is 4.79 Å². The second-order valence-corrected chi connectivity index (χ2v) is 6.16. The number of amides is 2. The van der Waals surface area contributed by atoms with Gasteiger partial charge < -0.3 is 10.3 Å². The molecule has 0 bridgehead atoms. The molecule has 0 spiro atoms. The zero-order valence-corrected chi connectivity index (χ0v) is 14.5. The number of hydrogen-bond donors (Lipinski definition) is 2. The molecule has 1 heterocycles. The van der Waals surface area contributed by atoms with Gasteiger partial charge in [0.05, 0.1) is 5.71 Å². The fraction of sp³-hybridized carbons (Fsp3) is 0.368. The summed E-state index contributed by atoms with van der Waals surface area (Å²) < 4.78 is 0. The van der Waals surface area contributed by atoms with Gasteiger partial charge in [-0.1, -0.05) is 25.1 Å². The Kier molecular flexibility index (Phi) is 4.69. The summed E-state index contributed by atoms with van der Waals surface area (Å²) in [7, 11) is 1.70. The minimum Gasteiger partial charge on any atom is -0.362 e. The van der Waals surface area contributed by atoms with Crippen molar-refractivity contribution >= 4 is 17.4 Å². The Bertz CT molecular complexity index is 761. The number of aromatic amines is 1. The van der Waals surface area contributed by atoms with E-state index in [1.165, 1.54) is 27.5 Å². The lowest BCUT2D eigenvalue weighted by Gasteiger charge is -2.19. The van der Waals surface area contributed by atoms with E-state index in [0.29, 0.717) is 0 Å². The van der Waals surface area contributed by atoms with Gasteiger partial charge in [0.25, 0.3) is 0 Å². The number of hydrogen-bond acceptors (Lipinski definition) is 2. The Balaban J connectivity index is 1.83. The van der Waals surface area contributed by atoms with E-state index in [4.69, 9.17) is 0 Å². The molecule has 0 unspecified atom stereocenters. The number of hydrazone groups is 1. The average molecular weight is 324 g/mol. The molecule has 2 N–H and O–H groups in total. The maximum atomic E-state index is 12.4. The Labute approximate surface area is 142 Å². The molecule has 5 heteroatoms. The molecule has 24 heavy (non-hydrogen) atoms. The van der Waals surface area contributed by atoms with Gasteiger partial charge in [0.2, 0.25) is 0 Å². The van der Waals surface area contributed by atoms with E-state index in [2.05, 4.69) is 29.2 Å². The van der Waals surface area contributed by atoms with Crippen molar-refractivity contribution in [1.82, 2.24) is 9.99 Å². The molecule has 1 aromatic carbocycles. The molecule has 0 fully saturated rings. The van der Waals surface area contributed by atoms with E-state index in [1.54, 1.807) is 7.05 Å². The maximum absolute atomic E-state index is 12.4. The Morgan fingerprint density at radius 2 is 2.04 bits per heavy atom. The summed E-state index contributed by atoms with van der Waals surface area (Å²) in [4.78, 5) is 15.8. The first-order valence-corrected chi connectivity index (χ1v) is 8.48. The molecule has 0 atom stereocenters. The van der Waals surface area contributed by atoms with Gasteiger partial charge in [-0.05, 0) is 50.3 Å². The SMILES string of the molecule is CCc1c(C)[nH]c2c1/C(=N/N(C)C(=O)Nc1ccccc1)CCC2. The van der Waals surface area contributed by atoms with Gasteiger partial charge in [-0.3, -0.25) is 0 Å². The third-order valence-corrected chi connectivity index (χ3v) is 4.47. The number of para-hydroxylation sites is 1. The molecule has 3 rings (SSSR count). The molecular formula is C19H24N4O. The second kappa shape index (κ2) is 6.91. The summed E-state index contributed by atoms with van der Waals surface area (Å²) in [6.45, 7) is 4.27. The van der Waals surface area contributed by atoms with Gasteiger partial charge in [-0.25, -0.2) is 9.80 Å². The monoisotopic (exact) mass is 324 g/mol. The van der Waals surface area contributed by atoms with Gasteiger partial charge >= 0.3 is 6.03 Å². The predicted octanol–water partition coefficient (Wildman–Crippen LogP) is 4.09. The van der Waals surface area contributed by atoms with E-state index >= 15 is 0 Å². The number of nitrogens with one attached hydrogen (secondary N) is 2. The highest BCUT2D eigenvalue weighted by atomic mass is 16.2. The molecule has 2 aromatic rings. The lowest BCUT2D eigenvalue weighted by Crippen LogP contribution is -2.29. The lowest BCUT2D eigenvalue weighted by molar-refractivity contribution is 0.224. The highest BCUT2D eigenvalue weighted by Gasteiger charge is 2.23. The van der Waals surface area contributed by atoms with Crippen LogP contribution in [-0.4, -0.2) is 28.8 Å². The topological polar surface area (TPSA) is 60.5 Å². The van der Waals surface area contributed by atoms with Crippen LogP contribution >= 0.6 is 0 Å². The van der Waals surface area contributed by atoms with Crippen molar-refractivity contribution in [1.29, 1.82) is 0 Å². The van der Waals surface area contributed by atoms with Crippen LogP contribution in [0.2, 0.25) is 0 Å². The minimum absolute atomic E-state index is 0.230. The van der Waals surface area contributed by atoms with E-state index in [1.807, 2.05) is 30.3 Å². The van der Waals surface area contributed by atoms with Crippen molar-refractivity contribution < 1.29 is 4.79 Å². The van der Waals surface area contributed by atoms with Crippen LogP contribution in [0.5, 0.6) is 0 Å². The number of fused-ring (bicyclic) bond motifs is 1. The molecule has 0 saturated heterocycles. The summed E-state index contributed by atoms with van der Waals surface area (Å²) in [5.41, 5.74) is 6.79. The van der Waals surface area contributed by atoms with Crippen molar-refractivity contribution in [3.8, 4) is 0 Å². The first kappa shape index (κ1) is 16.3. The van der Waals surface area contributed by atoms with Gasteiger partial charge in [-0.15, -0.1) is 0 Å². The molecule has 1 aromatic heterocycles. The fourth-order valence-electron chi connectivity index (χ4n) is 3.32. The van der Waals surface area contributed by atoms with Crippen LogP contribution in [0, 0.1) is 6.92 Å². The lowest BCUT2D eigenvalue weighted by atomic mass is 9.91. The number of carbonyl (C=O) groups is 1. The zero-order valence-electron chi connectivity index (χ0n) is 14.5. The molecule has 0 aliphatic heterocycles. The smallest absolute Gasteiger partial charge is 0.341 e. The summed E-state index contributed by atoms with van der Waals surface area (Å²) in [6.07, 6.45) is 3.98. The van der Waals surface area contributed by atoms with Crippen LogP contribution in [0.1, 0.15) is 42.3 Å². The standard InChI is InChI=1S/C19H24N4O/c1-4-15-13(2)20-16-11-8-12-17(18(15)16)22-23(3)19(24)21-14-9-6-5-7-10-14/h5-7,9-10,20H,4,8,11-12H2,1-3H3,(H,21,24)/b22-17+. The summed E-state index contributed by atoms with van der Waals surface area (Å²) in [6, 6.07) is 9.20. The van der Waals surface area contributed by atoms with Crippen LogP contribution < -0.4 is 5.32 Å². The number of benzene rings is 1. The van der Waals surface area contributed by atoms with Crippen molar-refractivity contribution in [3.05, 3.63) is 52.8 Å². The number of rotatable bonds is 3. The normalized spacial score (nSPS) is 15.2. The van der Waals surface area contributed by atoms with Crippen molar-refractivity contribution in [3.63, 3.8) is 0 Å².